The number of aryl methyl sites for hydroxylation is 1. The number of para-hydroxylation sites is 1. The maximum atomic E-state index is 4.84. The SMILES string of the molecule is CCn1nc(CC(NC)C2CCSC2)c2ccccc21. The number of nitrogens with zero attached hydrogens (tertiary/aromatic N) is 2. The first-order valence-corrected chi connectivity index (χ1v) is 8.68. The summed E-state index contributed by atoms with van der Waals surface area (Å²) in [5.41, 5.74) is 2.51. The zero-order valence-electron chi connectivity index (χ0n) is 12.3. The molecule has 2 aromatic rings. The summed E-state index contributed by atoms with van der Waals surface area (Å²) >= 11 is 2.08. The maximum Gasteiger partial charge on any atom is 0.0718 e. The molecule has 4 heteroatoms. The Kier molecular flexibility index (Phi) is 4.32. The minimum atomic E-state index is 0.550. The monoisotopic (exact) mass is 289 g/mol. The Labute approximate surface area is 125 Å². The molecule has 1 N–H and O–H groups in total. The lowest BCUT2D eigenvalue weighted by Crippen LogP contribution is -2.35. The second-order valence-corrected chi connectivity index (χ2v) is 6.65. The van der Waals surface area contributed by atoms with E-state index in [0.717, 1.165) is 18.9 Å². The Hall–Kier alpha value is -1.00. The van der Waals surface area contributed by atoms with Gasteiger partial charge in [-0.3, -0.25) is 4.68 Å². The standard InChI is InChI=1S/C16H23N3S/c1-3-19-16-7-5-4-6-13(16)15(18-19)10-14(17-2)12-8-9-20-11-12/h4-7,12,14,17H,3,8-11H2,1-2H3. The van der Waals surface area contributed by atoms with Gasteiger partial charge in [0.2, 0.25) is 0 Å². The Morgan fingerprint density at radius 2 is 2.30 bits per heavy atom. The van der Waals surface area contributed by atoms with Gasteiger partial charge in [-0.05, 0) is 43.9 Å². The maximum absolute atomic E-state index is 4.84. The number of likely N-dealkylation sites (N-methyl/N-ethyl adjacent to an activating group) is 1. The van der Waals surface area contributed by atoms with Crippen LogP contribution >= 0.6 is 11.8 Å². The fourth-order valence-electron chi connectivity index (χ4n) is 3.17. The predicted octanol–water partition coefficient (Wildman–Crippen LogP) is 2.94. The summed E-state index contributed by atoms with van der Waals surface area (Å²) in [6, 6.07) is 9.15. The van der Waals surface area contributed by atoms with Crippen LogP contribution in [-0.2, 0) is 13.0 Å². The number of aromatic nitrogens is 2. The Morgan fingerprint density at radius 3 is 3.00 bits per heavy atom. The van der Waals surface area contributed by atoms with Gasteiger partial charge in [0.05, 0.1) is 11.2 Å². The van der Waals surface area contributed by atoms with E-state index in [2.05, 4.69) is 60.0 Å². The van der Waals surface area contributed by atoms with Crippen LogP contribution in [0.25, 0.3) is 10.9 Å². The van der Waals surface area contributed by atoms with Gasteiger partial charge in [0.1, 0.15) is 0 Å². The van der Waals surface area contributed by atoms with Gasteiger partial charge in [0.15, 0.2) is 0 Å². The van der Waals surface area contributed by atoms with Crippen molar-refractivity contribution in [3.05, 3.63) is 30.0 Å². The molecule has 0 aliphatic carbocycles. The molecular weight excluding hydrogens is 266 g/mol. The number of benzene rings is 1. The van der Waals surface area contributed by atoms with Crippen molar-refractivity contribution in [2.24, 2.45) is 5.92 Å². The molecule has 1 aromatic carbocycles. The van der Waals surface area contributed by atoms with E-state index in [4.69, 9.17) is 5.10 Å². The summed E-state index contributed by atoms with van der Waals surface area (Å²) < 4.78 is 2.13. The summed E-state index contributed by atoms with van der Waals surface area (Å²) in [5.74, 6) is 3.39. The second kappa shape index (κ2) is 6.19. The van der Waals surface area contributed by atoms with Gasteiger partial charge in [-0.1, -0.05) is 18.2 Å². The lowest BCUT2D eigenvalue weighted by molar-refractivity contribution is 0.400. The molecule has 20 heavy (non-hydrogen) atoms. The molecule has 0 radical (unpaired) electrons. The van der Waals surface area contributed by atoms with Gasteiger partial charge < -0.3 is 5.32 Å². The van der Waals surface area contributed by atoms with Crippen LogP contribution < -0.4 is 5.32 Å². The van der Waals surface area contributed by atoms with Gasteiger partial charge in [-0.25, -0.2) is 0 Å². The van der Waals surface area contributed by atoms with Crippen LogP contribution in [0.4, 0.5) is 0 Å². The molecule has 3 nitrogen and oxygen atoms in total. The fourth-order valence-corrected chi connectivity index (χ4v) is 4.51. The highest BCUT2D eigenvalue weighted by Crippen LogP contribution is 2.29. The van der Waals surface area contributed by atoms with Crippen LogP contribution in [0.15, 0.2) is 24.3 Å². The van der Waals surface area contributed by atoms with Crippen molar-refractivity contribution in [1.82, 2.24) is 15.1 Å². The molecule has 0 amide bonds. The highest BCUT2D eigenvalue weighted by Gasteiger charge is 2.25. The zero-order chi connectivity index (χ0) is 13.9. The number of hydrogen-bond donors (Lipinski definition) is 1. The molecule has 1 aromatic heterocycles. The van der Waals surface area contributed by atoms with Crippen molar-refractivity contribution in [1.29, 1.82) is 0 Å². The van der Waals surface area contributed by atoms with Crippen LogP contribution in [0.3, 0.4) is 0 Å². The van der Waals surface area contributed by atoms with Crippen LogP contribution in [0.5, 0.6) is 0 Å². The minimum absolute atomic E-state index is 0.550. The molecule has 2 atom stereocenters. The van der Waals surface area contributed by atoms with E-state index in [0.29, 0.717) is 6.04 Å². The average molecular weight is 289 g/mol. The number of nitrogens with one attached hydrogen (secondary N) is 1. The highest BCUT2D eigenvalue weighted by atomic mass is 32.2. The van der Waals surface area contributed by atoms with Crippen molar-refractivity contribution in [2.45, 2.75) is 32.4 Å². The van der Waals surface area contributed by atoms with Crippen LogP contribution in [0, 0.1) is 5.92 Å². The summed E-state index contributed by atoms with van der Waals surface area (Å²) in [5, 5.41) is 9.68. The molecule has 1 aliphatic heterocycles. The third-order valence-corrected chi connectivity index (χ3v) is 5.54. The molecule has 0 bridgehead atoms. The fraction of sp³-hybridized carbons (Fsp3) is 0.562. The number of fused-ring (bicyclic) bond motifs is 1. The van der Waals surface area contributed by atoms with Gasteiger partial charge in [-0.2, -0.15) is 16.9 Å². The lowest BCUT2D eigenvalue weighted by Gasteiger charge is -2.21. The van der Waals surface area contributed by atoms with Crippen LogP contribution in [0.1, 0.15) is 19.0 Å². The van der Waals surface area contributed by atoms with E-state index in [1.165, 1.54) is 34.5 Å². The third-order valence-electron chi connectivity index (χ3n) is 4.35. The largest absolute Gasteiger partial charge is 0.316 e. The molecule has 0 saturated carbocycles. The number of hydrogen-bond acceptors (Lipinski definition) is 3. The summed E-state index contributed by atoms with van der Waals surface area (Å²) in [6.07, 6.45) is 2.37. The second-order valence-electron chi connectivity index (χ2n) is 5.50. The lowest BCUT2D eigenvalue weighted by atomic mass is 9.94. The van der Waals surface area contributed by atoms with Crippen molar-refractivity contribution in [2.75, 3.05) is 18.6 Å². The van der Waals surface area contributed by atoms with E-state index in [1.807, 2.05) is 0 Å². The molecule has 1 fully saturated rings. The molecule has 3 rings (SSSR count). The van der Waals surface area contributed by atoms with E-state index in [-0.39, 0.29) is 0 Å². The van der Waals surface area contributed by atoms with Gasteiger partial charge in [-0.15, -0.1) is 0 Å². The average Bonchev–Trinajstić information content (AvgIpc) is 3.13. The van der Waals surface area contributed by atoms with Gasteiger partial charge in [0.25, 0.3) is 0 Å². The van der Waals surface area contributed by atoms with Crippen LogP contribution in [-0.4, -0.2) is 34.4 Å². The molecule has 2 unspecified atom stereocenters. The third kappa shape index (κ3) is 2.59. The zero-order valence-corrected chi connectivity index (χ0v) is 13.1. The van der Waals surface area contributed by atoms with Crippen LogP contribution in [0.2, 0.25) is 0 Å². The first kappa shape index (κ1) is 14.0. The molecule has 0 spiro atoms. The first-order valence-electron chi connectivity index (χ1n) is 7.53. The normalized spacial score (nSPS) is 20.6. The van der Waals surface area contributed by atoms with E-state index < -0.39 is 0 Å². The van der Waals surface area contributed by atoms with Gasteiger partial charge in [0, 0.05) is 24.4 Å². The molecule has 108 valence electrons. The molecular formula is C16H23N3S. The Bertz CT molecular complexity index is 572. The highest BCUT2D eigenvalue weighted by molar-refractivity contribution is 7.99. The quantitative estimate of drug-likeness (QED) is 0.918. The number of rotatable bonds is 5. The summed E-state index contributed by atoms with van der Waals surface area (Å²) in [7, 11) is 2.09. The van der Waals surface area contributed by atoms with Crippen molar-refractivity contribution >= 4 is 22.7 Å². The van der Waals surface area contributed by atoms with E-state index >= 15 is 0 Å². The topological polar surface area (TPSA) is 29.9 Å². The van der Waals surface area contributed by atoms with E-state index in [1.54, 1.807) is 0 Å². The first-order chi connectivity index (χ1) is 9.83. The van der Waals surface area contributed by atoms with Crippen molar-refractivity contribution < 1.29 is 0 Å². The predicted molar refractivity (Wildman–Crippen MR) is 87.4 cm³/mol. The smallest absolute Gasteiger partial charge is 0.0718 e. The van der Waals surface area contributed by atoms with Gasteiger partial charge >= 0.3 is 0 Å². The molecule has 1 saturated heterocycles. The van der Waals surface area contributed by atoms with Crippen molar-refractivity contribution in [3.8, 4) is 0 Å². The summed E-state index contributed by atoms with van der Waals surface area (Å²) in [4.78, 5) is 0. The number of thioether (sulfide) groups is 1. The molecule has 1 aliphatic rings. The minimum Gasteiger partial charge on any atom is -0.316 e. The Morgan fingerprint density at radius 1 is 1.45 bits per heavy atom. The van der Waals surface area contributed by atoms with E-state index in [9.17, 15) is 0 Å². The Balaban J connectivity index is 1.89. The van der Waals surface area contributed by atoms with Crippen molar-refractivity contribution in [3.63, 3.8) is 0 Å². The molecule has 2 heterocycles. The summed E-state index contributed by atoms with van der Waals surface area (Å²) in [6.45, 7) is 3.09.